The van der Waals surface area contributed by atoms with Gasteiger partial charge in [-0.3, -0.25) is 0 Å². The van der Waals surface area contributed by atoms with Gasteiger partial charge in [-0.05, 0) is 29.0 Å². The molecule has 0 aromatic heterocycles. The molecule has 0 spiro atoms. The van der Waals surface area contributed by atoms with Crippen molar-refractivity contribution in [2.24, 2.45) is 22.8 Å². The molecule has 0 fully saturated rings. The molecule has 4 N–H and O–H groups in total. The van der Waals surface area contributed by atoms with Crippen LogP contribution in [-0.2, 0) is 5.41 Å². The van der Waals surface area contributed by atoms with Gasteiger partial charge in [0, 0.05) is 11.5 Å². The van der Waals surface area contributed by atoms with Crippen molar-refractivity contribution in [1.82, 2.24) is 0 Å². The maximum atomic E-state index is 6.91. The summed E-state index contributed by atoms with van der Waals surface area (Å²) in [6.45, 7) is 9.43. The SMILES string of the molecule is CC(CN)C(c1ccccc1)(c1ccccc1)C(N)C(C)(C)C. The molecular formula is C21H30N2. The van der Waals surface area contributed by atoms with Crippen molar-refractivity contribution >= 4 is 0 Å². The number of hydrogen-bond donors (Lipinski definition) is 2. The monoisotopic (exact) mass is 310 g/mol. The van der Waals surface area contributed by atoms with Crippen LogP contribution in [0, 0.1) is 11.3 Å². The third-order valence-corrected chi connectivity index (χ3v) is 5.06. The predicted octanol–water partition coefficient (Wildman–Crippen LogP) is 3.94. The second kappa shape index (κ2) is 6.86. The Labute approximate surface area is 140 Å². The number of nitrogens with two attached hydrogens (primary N) is 2. The van der Waals surface area contributed by atoms with E-state index in [4.69, 9.17) is 11.5 Å². The van der Waals surface area contributed by atoms with Crippen molar-refractivity contribution in [3.63, 3.8) is 0 Å². The van der Waals surface area contributed by atoms with Crippen LogP contribution in [0.3, 0.4) is 0 Å². The van der Waals surface area contributed by atoms with Gasteiger partial charge >= 0.3 is 0 Å². The molecule has 124 valence electrons. The van der Waals surface area contributed by atoms with Crippen LogP contribution in [-0.4, -0.2) is 12.6 Å². The maximum absolute atomic E-state index is 6.91. The van der Waals surface area contributed by atoms with E-state index in [1.54, 1.807) is 0 Å². The van der Waals surface area contributed by atoms with E-state index < -0.39 is 0 Å². The molecule has 0 aliphatic heterocycles. The minimum Gasteiger partial charge on any atom is -0.330 e. The molecule has 2 aromatic rings. The minimum absolute atomic E-state index is 0.0465. The van der Waals surface area contributed by atoms with Gasteiger partial charge in [-0.15, -0.1) is 0 Å². The molecule has 0 bridgehead atoms. The summed E-state index contributed by atoms with van der Waals surface area (Å²) in [5.41, 5.74) is 15.2. The Morgan fingerprint density at radius 1 is 0.826 bits per heavy atom. The van der Waals surface area contributed by atoms with Crippen LogP contribution in [0.5, 0.6) is 0 Å². The Kier molecular flexibility index (Phi) is 5.28. The van der Waals surface area contributed by atoms with E-state index in [1.165, 1.54) is 11.1 Å². The standard InChI is InChI=1S/C21H30N2/c1-16(15-22)21(19(23)20(2,3)4,17-11-7-5-8-12-17)18-13-9-6-10-14-18/h5-14,16,19H,15,22-23H2,1-4H3. The van der Waals surface area contributed by atoms with E-state index >= 15 is 0 Å². The highest BCUT2D eigenvalue weighted by atomic mass is 14.8. The maximum Gasteiger partial charge on any atom is 0.0396 e. The van der Waals surface area contributed by atoms with Crippen molar-refractivity contribution in [3.8, 4) is 0 Å². The summed E-state index contributed by atoms with van der Waals surface area (Å²) in [5.74, 6) is 0.224. The van der Waals surface area contributed by atoms with Crippen LogP contribution >= 0.6 is 0 Å². The molecule has 2 unspecified atom stereocenters. The molecule has 0 saturated carbocycles. The Morgan fingerprint density at radius 2 is 1.22 bits per heavy atom. The quantitative estimate of drug-likeness (QED) is 0.879. The molecule has 2 nitrogen and oxygen atoms in total. The van der Waals surface area contributed by atoms with Crippen LogP contribution in [0.2, 0.25) is 0 Å². The van der Waals surface area contributed by atoms with Gasteiger partial charge in [0.15, 0.2) is 0 Å². The summed E-state index contributed by atoms with van der Waals surface area (Å²) in [5, 5.41) is 0. The first-order valence-corrected chi connectivity index (χ1v) is 8.41. The Morgan fingerprint density at radius 3 is 1.52 bits per heavy atom. The fourth-order valence-electron chi connectivity index (χ4n) is 3.70. The van der Waals surface area contributed by atoms with Gasteiger partial charge in [-0.2, -0.15) is 0 Å². The van der Waals surface area contributed by atoms with Gasteiger partial charge in [-0.1, -0.05) is 88.4 Å². The molecule has 0 amide bonds. The zero-order valence-corrected chi connectivity index (χ0v) is 14.8. The van der Waals surface area contributed by atoms with Crippen LogP contribution in [0.15, 0.2) is 60.7 Å². The summed E-state index contributed by atoms with van der Waals surface area (Å²) in [7, 11) is 0. The van der Waals surface area contributed by atoms with Crippen molar-refractivity contribution < 1.29 is 0 Å². The molecule has 0 saturated heterocycles. The first kappa shape index (κ1) is 17.7. The van der Waals surface area contributed by atoms with Gasteiger partial charge < -0.3 is 11.5 Å². The summed E-state index contributed by atoms with van der Waals surface area (Å²) in [6.07, 6.45) is 0. The molecule has 2 aromatic carbocycles. The van der Waals surface area contributed by atoms with Crippen molar-refractivity contribution in [3.05, 3.63) is 71.8 Å². The molecule has 23 heavy (non-hydrogen) atoms. The molecule has 0 heterocycles. The summed E-state index contributed by atoms with van der Waals surface area (Å²) in [6, 6.07) is 21.1. The average Bonchev–Trinajstić information content (AvgIpc) is 2.56. The lowest BCUT2D eigenvalue weighted by molar-refractivity contribution is 0.179. The topological polar surface area (TPSA) is 52.0 Å². The van der Waals surface area contributed by atoms with E-state index in [0.717, 1.165) is 0 Å². The fourth-order valence-corrected chi connectivity index (χ4v) is 3.70. The highest BCUT2D eigenvalue weighted by molar-refractivity contribution is 5.43. The van der Waals surface area contributed by atoms with Crippen molar-refractivity contribution in [2.45, 2.75) is 39.2 Å². The van der Waals surface area contributed by atoms with E-state index in [9.17, 15) is 0 Å². The third-order valence-electron chi connectivity index (χ3n) is 5.06. The molecule has 2 atom stereocenters. The molecule has 2 rings (SSSR count). The zero-order valence-electron chi connectivity index (χ0n) is 14.8. The van der Waals surface area contributed by atoms with Gasteiger partial charge in [0.25, 0.3) is 0 Å². The van der Waals surface area contributed by atoms with Gasteiger partial charge in [-0.25, -0.2) is 0 Å². The lowest BCUT2D eigenvalue weighted by Gasteiger charge is -2.49. The summed E-state index contributed by atoms with van der Waals surface area (Å²) in [4.78, 5) is 0. The van der Waals surface area contributed by atoms with Gasteiger partial charge in [0.1, 0.15) is 0 Å². The Bertz CT molecular complexity index is 559. The molecular weight excluding hydrogens is 280 g/mol. The lowest BCUT2D eigenvalue weighted by atomic mass is 9.57. The second-order valence-corrected chi connectivity index (χ2v) is 7.58. The third kappa shape index (κ3) is 3.19. The van der Waals surface area contributed by atoms with Crippen LogP contribution in [0.25, 0.3) is 0 Å². The fraction of sp³-hybridized carbons (Fsp3) is 0.429. The second-order valence-electron chi connectivity index (χ2n) is 7.58. The van der Waals surface area contributed by atoms with Crippen molar-refractivity contribution in [1.29, 1.82) is 0 Å². The lowest BCUT2D eigenvalue weighted by Crippen LogP contribution is -2.58. The smallest absolute Gasteiger partial charge is 0.0396 e. The zero-order chi connectivity index (χ0) is 17.1. The van der Waals surface area contributed by atoms with Crippen LogP contribution in [0.4, 0.5) is 0 Å². The van der Waals surface area contributed by atoms with E-state index in [2.05, 4.69) is 88.4 Å². The van der Waals surface area contributed by atoms with Gasteiger partial charge in [0.05, 0.1) is 0 Å². The number of rotatable bonds is 5. The molecule has 0 aliphatic rings. The first-order chi connectivity index (χ1) is 10.8. The molecule has 2 heteroatoms. The van der Waals surface area contributed by atoms with Crippen LogP contribution in [0.1, 0.15) is 38.8 Å². The average molecular weight is 310 g/mol. The van der Waals surface area contributed by atoms with E-state index in [0.29, 0.717) is 6.54 Å². The summed E-state index contributed by atoms with van der Waals surface area (Å²) >= 11 is 0. The Balaban J connectivity index is 2.80. The molecule has 0 aliphatic carbocycles. The van der Waals surface area contributed by atoms with E-state index in [-0.39, 0.29) is 22.8 Å². The summed E-state index contributed by atoms with van der Waals surface area (Å²) < 4.78 is 0. The first-order valence-electron chi connectivity index (χ1n) is 8.41. The van der Waals surface area contributed by atoms with Gasteiger partial charge in [0.2, 0.25) is 0 Å². The van der Waals surface area contributed by atoms with E-state index in [1.807, 2.05) is 0 Å². The van der Waals surface area contributed by atoms with Crippen molar-refractivity contribution in [2.75, 3.05) is 6.54 Å². The predicted molar refractivity (Wildman–Crippen MR) is 99.3 cm³/mol. The number of hydrogen-bond acceptors (Lipinski definition) is 2. The van der Waals surface area contributed by atoms with Crippen LogP contribution < -0.4 is 11.5 Å². The highest BCUT2D eigenvalue weighted by Gasteiger charge is 2.48. The normalized spacial score (nSPS) is 15.2. The largest absolute Gasteiger partial charge is 0.330 e. The molecule has 0 radical (unpaired) electrons. The highest BCUT2D eigenvalue weighted by Crippen LogP contribution is 2.46. The Hall–Kier alpha value is -1.64. The number of benzene rings is 2. The minimum atomic E-state index is -0.310.